The summed E-state index contributed by atoms with van der Waals surface area (Å²) in [5.74, 6) is -2.68. The highest BCUT2D eigenvalue weighted by atomic mass is 16.5. The van der Waals surface area contributed by atoms with E-state index in [1.807, 2.05) is 158 Å². The summed E-state index contributed by atoms with van der Waals surface area (Å²) >= 11 is 0. The first kappa shape index (κ1) is 52.8. The molecular weight excluding hydrogens is 947 g/mol. The molecule has 0 saturated carbocycles. The average Bonchev–Trinajstić information content (AvgIpc) is 3.45. The van der Waals surface area contributed by atoms with Crippen molar-refractivity contribution in [3.63, 3.8) is 0 Å². The van der Waals surface area contributed by atoms with Gasteiger partial charge in [-0.05, 0) is 125 Å². The summed E-state index contributed by atoms with van der Waals surface area (Å²) in [7, 11) is 0. The molecule has 0 unspecified atom stereocenters. The van der Waals surface area contributed by atoms with Crippen LogP contribution in [0.25, 0.3) is 0 Å². The summed E-state index contributed by atoms with van der Waals surface area (Å²) in [6.45, 7) is 17.7. The van der Waals surface area contributed by atoms with Gasteiger partial charge in [0.1, 0.15) is 33.0 Å². The molecule has 0 atom stereocenters. The van der Waals surface area contributed by atoms with Crippen molar-refractivity contribution >= 4 is 81.0 Å². The van der Waals surface area contributed by atoms with Crippen LogP contribution in [-0.2, 0) is 80.7 Å². The van der Waals surface area contributed by atoms with Crippen molar-refractivity contribution in [1.29, 1.82) is 0 Å². The number of carbonyl (C=O) groups excluding carboxylic acids is 5. The number of esters is 5. The van der Waals surface area contributed by atoms with E-state index >= 15 is 0 Å². The maximum Gasteiger partial charge on any atom is 0.330 e. The van der Waals surface area contributed by atoms with Crippen LogP contribution in [0, 0.1) is 0 Å². The lowest BCUT2D eigenvalue weighted by Crippen LogP contribution is -2.15. The van der Waals surface area contributed by atoms with Crippen LogP contribution in [0.5, 0.6) is 0 Å². The van der Waals surface area contributed by atoms with Crippen molar-refractivity contribution in [2.24, 2.45) is 0 Å². The minimum atomic E-state index is -0.544. The molecule has 0 aliphatic heterocycles. The molecule has 13 heteroatoms. The number of hydrogen-bond acceptors (Lipinski definition) is 13. The minimum Gasteiger partial charge on any atom is -0.458 e. The van der Waals surface area contributed by atoms with Crippen molar-refractivity contribution in [1.82, 2.24) is 0 Å². The third-order valence-corrected chi connectivity index (χ3v) is 11.4. The number of nitrogens with zero attached hydrogens (tertiary/aromatic N) is 3. The van der Waals surface area contributed by atoms with Gasteiger partial charge in [0.2, 0.25) is 0 Å². The van der Waals surface area contributed by atoms with E-state index in [2.05, 4.69) is 59.7 Å². The highest BCUT2D eigenvalue weighted by Crippen LogP contribution is 2.43. The molecule has 0 bridgehead atoms. The van der Waals surface area contributed by atoms with Crippen LogP contribution in [0.2, 0.25) is 0 Å². The zero-order valence-electron chi connectivity index (χ0n) is 41.0. The lowest BCUT2D eigenvalue weighted by atomic mass is 10.1. The van der Waals surface area contributed by atoms with Gasteiger partial charge in [-0.1, -0.05) is 106 Å². The molecule has 0 N–H and O–H groups in total. The molecule has 7 aromatic carbocycles. The molecule has 0 aliphatic carbocycles. The van der Waals surface area contributed by atoms with Crippen molar-refractivity contribution in [2.45, 2.75) is 33.0 Å². The molecule has 7 rings (SSSR count). The van der Waals surface area contributed by atoms with Crippen molar-refractivity contribution < 1.29 is 47.7 Å². The molecule has 376 valence electrons. The maximum absolute atomic E-state index is 12.1. The maximum atomic E-state index is 12.1. The predicted molar refractivity (Wildman–Crippen MR) is 290 cm³/mol. The largest absolute Gasteiger partial charge is 0.458 e. The predicted octanol–water partition coefficient (Wildman–Crippen LogP) is 13.2. The Morgan fingerprint density at radius 2 is 0.493 bits per heavy atom. The van der Waals surface area contributed by atoms with Gasteiger partial charge in [-0.25, -0.2) is 24.0 Å². The van der Waals surface area contributed by atoms with Crippen molar-refractivity contribution in [3.8, 4) is 0 Å². The Morgan fingerprint density at radius 1 is 0.280 bits per heavy atom. The Balaban J connectivity index is 1.36. The summed E-state index contributed by atoms with van der Waals surface area (Å²) < 4.78 is 26.8. The Labute approximate surface area is 435 Å². The third-order valence-electron chi connectivity index (χ3n) is 11.4. The quantitative estimate of drug-likeness (QED) is 0.0322. The molecule has 0 saturated heterocycles. The first-order chi connectivity index (χ1) is 36.5. The lowest BCUT2D eigenvalue weighted by Gasteiger charge is -2.31. The summed E-state index contributed by atoms with van der Waals surface area (Å²) in [5.41, 5.74) is 10.7. The van der Waals surface area contributed by atoms with Gasteiger partial charge in [-0.2, -0.15) is 0 Å². The Bertz CT molecular complexity index is 3040. The Kier molecular flexibility index (Phi) is 18.2. The zero-order chi connectivity index (χ0) is 53.1. The van der Waals surface area contributed by atoms with E-state index in [0.29, 0.717) is 0 Å². The second-order valence-corrected chi connectivity index (χ2v) is 16.4. The molecular formula is C62H53N3O10. The lowest BCUT2D eigenvalue weighted by molar-refractivity contribution is -0.139. The number of ether oxygens (including phenoxy) is 5. The topological polar surface area (TPSA) is 141 Å². The second kappa shape index (κ2) is 25.9. The molecule has 0 amide bonds. The zero-order valence-corrected chi connectivity index (χ0v) is 41.0. The minimum absolute atomic E-state index is 0.0203. The van der Waals surface area contributed by atoms with Crippen molar-refractivity contribution in [3.05, 3.63) is 261 Å². The highest BCUT2D eigenvalue weighted by Gasteiger charge is 2.21. The van der Waals surface area contributed by atoms with Gasteiger partial charge in [0.25, 0.3) is 0 Å². The summed E-state index contributed by atoms with van der Waals surface area (Å²) in [5, 5.41) is 0. The smallest absolute Gasteiger partial charge is 0.330 e. The second-order valence-electron chi connectivity index (χ2n) is 16.4. The Hall–Kier alpha value is -10.0. The fourth-order valence-corrected chi connectivity index (χ4v) is 7.75. The number of carbonyl (C=O) groups is 5. The normalized spacial score (nSPS) is 10.4. The number of anilines is 9. The van der Waals surface area contributed by atoms with Crippen LogP contribution in [0.1, 0.15) is 27.8 Å². The Morgan fingerprint density at radius 3 is 0.733 bits per heavy atom. The van der Waals surface area contributed by atoms with Gasteiger partial charge in [0.15, 0.2) is 0 Å². The van der Waals surface area contributed by atoms with Gasteiger partial charge in [0, 0.05) is 81.6 Å². The van der Waals surface area contributed by atoms with E-state index in [1.54, 1.807) is 0 Å². The molecule has 0 spiro atoms. The van der Waals surface area contributed by atoms with E-state index in [-0.39, 0.29) is 33.0 Å². The first-order valence-corrected chi connectivity index (χ1v) is 23.5. The van der Waals surface area contributed by atoms with Gasteiger partial charge in [-0.15, -0.1) is 0 Å². The highest BCUT2D eigenvalue weighted by molar-refractivity contribution is 5.87. The molecule has 0 aromatic heterocycles. The average molecular weight is 1000 g/mol. The van der Waals surface area contributed by atoms with Crippen LogP contribution >= 0.6 is 0 Å². The summed E-state index contributed by atoms with van der Waals surface area (Å²) in [6, 6.07) is 54.2. The molecule has 0 fully saturated rings. The molecule has 0 heterocycles. The van der Waals surface area contributed by atoms with E-state index in [0.717, 1.165) is 109 Å². The van der Waals surface area contributed by atoms with E-state index in [1.165, 1.54) is 0 Å². The molecule has 13 nitrogen and oxygen atoms in total. The molecule has 7 aromatic rings. The molecule has 0 radical (unpaired) electrons. The molecule has 75 heavy (non-hydrogen) atoms. The van der Waals surface area contributed by atoms with Gasteiger partial charge in [-0.3, -0.25) is 0 Å². The van der Waals surface area contributed by atoms with E-state index < -0.39 is 29.8 Å². The number of hydrogen-bond donors (Lipinski definition) is 0. The fraction of sp³-hybridized carbons (Fsp3) is 0.0806. The third kappa shape index (κ3) is 14.3. The number of benzene rings is 7. The first-order valence-electron chi connectivity index (χ1n) is 23.5. The van der Waals surface area contributed by atoms with Gasteiger partial charge >= 0.3 is 29.8 Å². The van der Waals surface area contributed by atoms with Crippen LogP contribution in [0.4, 0.5) is 51.2 Å². The van der Waals surface area contributed by atoms with E-state index in [9.17, 15) is 24.0 Å². The number of rotatable bonds is 24. The SMILES string of the molecule is C=CC(=O)OCc1ccc(N(c2cccc(COC(=O)C=C)c2)c2cccc(N(c3ccc(COC(=O)C=C)cc3)c3cccc(N(c4ccc(COC(=O)C=C)cc4)c4cccc(COC(=O)C=C)c4)c3)c2)cc1. The fourth-order valence-electron chi connectivity index (χ4n) is 7.75. The standard InChI is InChI=1S/C62H53N3O10/c1-6-58(66)71-39-44-23-29-49(30-24-44)63(52-17-11-15-47(35-52)42-74-61(69)9-4)54-19-13-21-56(37-54)65(51-33-27-46(28-34-51)41-73-60(68)8-3)57-22-14-20-55(38-57)64(50-31-25-45(26-32-50)40-72-59(67)7-2)53-18-12-16-48(36-53)43-75-62(70)10-5/h6-38H,1-5,39-43H2. The van der Waals surface area contributed by atoms with E-state index in [4.69, 9.17) is 23.7 Å². The van der Waals surface area contributed by atoms with Crippen LogP contribution in [0.15, 0.2) is 233 Å². The summed E-state index contributed by atoms with van der Waals surface area (Å²) in [4.78, 5) is 66.3. The van der Waals surface area contributed by atoms with Crippen LogP contribution in [0.3, 0.4) is 0 Å². The van der Waals surface area contributed by atoms with Crippen LogP contribution < -0.4 is 14.7 Å². The summed E-state index contributed by atoms with van der Waals surface area (Å²) in [6.07, 6.45) is 5.59. The van der Waals surface area contributed by atoms with Gasteiger partial charge in [0.05, 0.1) is 0 Å². The monoisotopic (exact) mass is 999 g/mol. The van der Waals surface area contributed by atoms with Crippen LogP contribution in [-0.4, -0.2) is 29.8 Å². The van der Waals surface area contributed by atoms with Crippen molar-refractivity contribution in [2.75, 3.05) is 14.7 Å². The molecule has 0 aliphatic rings. The van der Waals surface area contributed by atoms with Gasteiger partial charge < -0.3 is 38.4 Å².